The van der Waals surface area contributed by atoms with E-state index in [9.17, 15) is 14.9 Å². The maximum Gasteiger partial charge on any atom is 0.253 e. The molecule has 1 amide bonds. The van der Waals surface area contributed by atoms with Crippen molar-refractivity contribution in [1.82, 2.24) is 24.1 Å². The Morgan fingerprint density at radius 1 is 1.12 bits per heavy atom. The summed E-state index contributed by atoms with van der Waals surface area (Å²) >= 11 is 0. The largest absolute Gasteiger partial charge is 0.381 e. The zero-order valence-electron chi connectivity index (χ0n) is 25.5. The molecule has 1 unspecified atom stereocenters. The van der Waals surface area contributed by atoms with E-state index in [1.807, 2.05) is 17.0 Å². The third kappa shape index (κ3) is 5.68. The Bertz CT molecular complexity index is 1500. The topological polar surface area (TPSA) is 99.6 Å². The van der Waals surface area contributed by atoms with Gasteiger partial charge < -0.3 is 19.1 Å². The number of nitrogens with zero attached hydrogens (tertiary/aromatic N) is 7. The summed E-state index contributed by atoms with van der Waals surface area (Å²) in [6.45, 7) is 9.88. The van der Waals surface area contributed by atoms with E-state index < -0.39 is 0 Å². The van der Waals surface area contributed by atoms with Crippen LogP contribution < -0.4 is 10.5 Å². The molecular formula is C32H43N7O3. The number of nitriles is 1. The van der Waals surface area contributed by atoms with Gasteiger partial charge in [-0.05, 0) is 50.3 Å². The van der Waals surface area contributed by atoms with Gasteiger partial charge in [0.05, 0.1) is 29.6 Å². The summed E-state index contributed by atoms with van der Waals surface area (Å²) in [6.07, 6.45) is 5.67. The molecule has 0 bridgehead atoms. The molecule has 0 N–H and O–H groups in total. The lowest BCUT2D eigenvalue weighted by atomic mass is 9.96. The van der Waals surface area contributed by atoms with Crippen LogP contribution in [0.2, 0.25) is 0 Å². The first-order valence-corrected chi connectivity index (χ1v) is 15.2. The number of piperazine rings is 1. The van der Waals surface area contributed by atoms with Crippen LogP contribution in [0.3, 0.4) is 0 Å². The van der Waals surface area contributed by atoms with Gasteiger partial charge in [0.2, 0.25) is 0 Å². The number of hydrogen-bond donors (Lipinski definition) is 0. The number of rotatable bonds is 8. The smallest absolute Gasteiger partial charge is 0.253 e. The Morgan fingerprint density at radius 3 is 2.43 bits per heavy atom. The van der Waals surface area contributed by atoms with E-state index in [-0.39, 0.29) is 42.2 Å². The van der Waals surface area contributed by atoms with Crippen molar-refractivity contribution in [1.29, 1.82) is 5.26 Å². The van der Waals surface area contributed by atoms with Gasteiger partial charge in [0.25, 0.3) is 11.5 Å². The van der Waals surface area contributed by atoms with Crippen molar-refractivity contribution in [3.8, 4) is 6.07 Å². The third-order valence-electron chi connectivity index (χ3n) is 9.36. The van der Waals surface area contributed by atoms with Crippen LogP contribution in [-0.4, -0.2) is 81.5 Å². The lowest BCUT2D eigenvalue weighted by Crippen LogP contribution is -2.58. The number of aromatic nitrogens is 3. The summed E-state index contributed by atoms with van der Waals surface area (Å²) < 4.78 is 8.67. The zero-order chi connectivity index (χ0) is 30.0. The van der Waals surface area contributed by atoms with Crippen LogP contribution in [0, 0.1) is 11.3 Å². The number of methoxy groups -OCH3 is 1. The van der Waals surface area contributed by atoms with Gasteiger partial charge in [-0.25, -0.2) is 0 Å². The van der Waals surface area contributed by atoms with Crippen LogP contribution in [0.1, 0.15) is 68.4 Å². The number of aryl methyl sites for hydroxylation is 1. The maximum atomic E-state index is 13.1. The number of carbonyl (C=O) groups excluding carboxylic acids is 1. The SMILES string of the molecule is CC[C@H]1CN(C(C)c2ccc(C(=O)N3CCC(OC)CC3)cc2)[C@H](CC)CN1c1cc(=O)n(C)c2cn(CC#N)nc12. The fraction of sp³-hybridized carbons (Fsp3) is 0.562. The molecule has 3 atom stereocenters. The van der Waals surface area contributed by atoms with E-state index in [1.54, 1.807) is 35.7 Å². The quantitative estimate of drug-likeness (QED) is 0.402. The Hall–Kier alpha value is -3.68. The van der Waals surface area contributed by atoms with Crippen molar-refractivity contribution in [2.45, 2.75) is 77.2 Å². The molecule has 224 valence electrons. The second-order valence-corrected chi connectivity index (χ2v) is 11.6. The molecular weight excluding hydrogens is 530 g/mol. The summed E-state index contributed by atoms with van der Waals surface area (Å²) in [4.78, 5) is 33.0. The Morgan fingerprint density at radius 2 is 1.81 bits per heavy atom. The van der Waals surface area contributed by atoms with E-state index in [1.165, 1.54) is 5.56 Å². The predicted octanol–water partition coefficient (Wildman–Crippen LogP) is 3.95. The number of fused-ring (bicyclic) bond motifs is 1. The standard InChI is InChI=1S/C32H43N7O3/c1-6-25-20-39(28-18-30(40)35(4)29-21-37(17-14-33)34-31(28)29)26(7-2)19-38(25)22(3)23-8-10-24(11-9-23)32(41)36-15-12-27(42-5)13-16-36/h8-11,18,21-22,25-27H,6-7,12-13,15-17,19-20H2,1-5H3/t22?,25-,26+/m1/s1. The number of ether oxygens (including phenoxy) is 1. The molecule has 4 heterocycles. The second kappa shape index (κ2) is 12.7. The molecule has 0 spiro atoms. The van der Waals surface area contributed by atoms with E-state index in [2.05, 4.69) is 48.8 Å². The van der Waals surface area contributed by atoms with Crippen LogP contribution in [0.25, 0.3) is 11.0 Å². The highest BCUT2D eigenvalue weighted by atomic mass is 16.5. The highest BCUT2D eigenvalue weighted by molar-refractivity contribution is 5.94. The Labute approximate surface area is 248 Å². The summed E-state index contributed by atoms with van der Waals surface area (Å²) in [5.74, 6) is 0.0902. The van der Waals surface area contributed by atoms with Gasteiger partial charge in [0.1, 0.15) is 12.1 Å². The van der Waals surface area contributed by atoms with Crippen LogP contribution in [0.15, 0.2) is 41.3 Å². The number of piperidine rings is 1. The lowest BCUT2D eigenvalue weighted by Gasteiger charge is -2.49. The fourth-order valence-corrected chi connectivity index (χ4v) is 6.64. The first-order chi connectivity index (χ1) is 20.3. The number of likely N-dealkylation sites (tertiary alicyclic amines) is 1. The summed E-state index contributed by atoms with van der Waals surface area (Å²) in [5, 5.41) is 13.9. The highest BCUT2D eigenvalue weighted by Gasteiger charge is 2.36. The monoisotopic (exact) mass is 573 g/mol. The van der Waals surface area contributed by atoms with Gasteiger partial charge in [-0.3, -0.25) is 19.2 Å². The molecule has 3 aromatic rings. The van der Waals surface area contributed by atoms with Crippen molar-refractivity contribution >= 4 is 22.6 Å². The van der Waals surface area contributed by atoms with Crippen molar-refractivity contribution in [2.75, 3.05) is 38.2 Å². The molecule has 10 heteroatoms. The minimum Gasteiger partial charge on any atom is -0.381 e. The van der Waals surface area contributed by atoms with Gasteiger partial charge in [-0.2, -0.15) is 10.4 Å². The molecule has 2 aliphatic rings. The third-order valence-corrected chi connectivity index (χ3v) is 9.36. The summed E-state index contributed by atoms with van der Waals surface area (Å²) in [5.41, 5.74) is 4.19. The Balaban J connectivity index is 1.36. The van der Waals surface area contributed by atoms with Gasteiger partial charge >= 0.3 is 0 Å². The minimum atomic E-state index is -0.0783. The number of hydrogen-bond acceptors (Lipinski definition) is 7. The van der Waals surface area contributed by atoms with Crippen molar-refractivity contribution in [3.05, 3.63) is 58.0 Å². The molecule has 5 rings (SSSR count). The molecule has 2 saturated heterocycles. The summed E-state index contributed by atoms with van der Waals surface area (Å²) in [6, 6.07) is 12.6. The van der Waals surface area contributed by atoms with Crippen molar-refractivity contribution < 1.29 is 9.53 Å². The van der Waals surface area contributed by atoms with E-state index in [0.29, 0.717) is 0 Å². The lowest BCUT2D eigenvalue weighted by molar-refractivity contribution is 0.0350. The molecule has 2 aromatic heterocycles. The van der Waals surface area contributed by atoms with Gasteiger partial charge in [-0.1, -0.05) is 26.0 Å². The molecule has 42 heavy (non-hydrogen) atoms. The number of pyridine rings is 1. The molecule has 0 saturated carbocycles. The average molecular weight is 574 g/mol. The zero-order valence-corrected chi connectivity index (χ0v) is 25.5. The number of carbonyl (C=O) groups is 1. The van der Waals surface area contributed by atoms with Crippen LogP contribution in [-0.2, 0) is 18.3 Å². The first-order valence-electron chi connectivity index (χ1n) is 15.2. The number of benzene rings is 1. The molecule has 1 aromatic carbocycles. The summed E-state index contributed by atoms with van der Waals surface area (Å²) in [7, 11) is 3.49. The van der Waals surface area contributed by atoms with Crippen LogP contribution >= 0.6 is 0 Å². The van der Waals surface area contributed by atoms with E-state index >= 15 is 0 Å². The van der Waals surface area contributed by atoms with E-state index in [4.69, 9.17) is 9.84 Å². The highest BCUT2D eigenvalue weighted by Crippen LogP contribution is 2.34. The Kier molecular flexibility index (Phi) is 8.99. The number of amides is 1. The molecule has 2 aliphatic heterocycles. The molecule has 2 fully saturated rings. The molecule has 0 aliphatic carbocycles. The number of anilines is 1. The normalized spacial score (nSPS) is 21.0. The van der Waals surface area contributed by atoms with E-state index in [0.717, 1.165) is 74.1 Å². The predicted molar refractivity (Wildman–Crippen MR) is 164 cm³/mol. The molecule has 0 radical (unpaired) electrons. The van der Waals surface area contributed by atoms with Crippen LogP contribution in [0.5, 0.6) is 0 Å². The van der Waals surface area contributed by atoms with Gasteiger partial charge in [-0.15, -0.1) is 0 Å². The fourth-order valence-electron chi connectivity index (χ4n) is 6.64. The van der Waals surface area contributed by atoms with Gasteiger partial charge in [0, 0.05) is 70.1 Å². The average Bonchev–Trinajstić information content (AvgIpc) is 3.46. The second-order valence-electron chi connectivity index (χ2n) is 11.6. The van der Waals surface area contributed by atoms with Gasteiger partial charge in [0.15, 0.2) is 0 Å². The van der Waals surface area contributed by atoms with Crippen molar-refractivity contribution in [2.24, 2.45) is 7.05 Å². The van der Waals surface area contributed by atoms with Crippen molar-refractivity contribution in [3.63, 3.8) is 0 Å². The minimum absolute atomic E-state index is 0.0783. The van der Waals surface area contributed by atoms with Crippen LogP contribution in [0.4, 0.5) is 5.69 Å². The first kappa shape index (κ1) is 29.8. The maximum absolute atomic E-state index is 13.1. The molecule has 10 nitrogen and oxygen atoms in total.